The maximum atomic E-state index is 12.1. The summed E-state index contributed by atoms with van der Waals surface area (Å²) >= 11 is 0. The molecule has 7 nitrogen and oxygen atoms in total. The average Bonchev–Trinajstić information content (AvgIpc) is 2.35. The van der Waals surface area contributed by atoms with E-state index in [0.29, 0.717) is 13.0 Å². The molecule has 1 aliphatic rings. The Hall–Kier alpha value is -1.15. The van der Waals surface area contributed by atoms with Gasteiger partial charge in [-0.15, -0.1) is 0 Å². The second-order valence-corrected chi connectivity index (χ2v) is 6.01. The van der Waals surface area contributed by atoms with Crippen LogP contribution in [0.3, 0.4) is 0 Å². The lowest BCUT2D eigenvalue weighted by Crippen LogP contribution is -2.57. The molecular weight excluding hydrogens is 260 g/mol. The number of esters is 1. The summed E-state index contributed by atoms with van der Waals surface area (Å²) < 4.78 is 29.7. The van der Waals surface area contributed by atoms with E-state index >= 15 is 0 Å². The number of carbonyl (C=O) groups is 2. The summed E-state index contributed by atoms with van der Waals surface area (Å²) in [6, 6.07) is -0.679. The van der Waals surface area contributed by atoms with Crippen molar-refractivity contribution in [1.82, 2.24) is 9.62 Å². The van der Waals surface area contributed by atoms with Crippen molar-refractivity contribution in [3.8, 4) is 0 Å². The van der Waals surface area contributed by atoms with E-state index < -0.39 is 22.0 Å². The number of nitrogens with one attached hydrogen (secondary N) is 1. The van der Waals surface area contributed by atoms with Gasteiger partial charge >= 0.3 is 5.97 Å². The largest absolute Gasteiger partial charge is 0.469 e. The number of rotatable bonds is 5. The van der Waals surface area contributed by atoms with Gasteiger partial charge in [0.15, 0.2) is 0 Å². The lowest BCUT2D eigenvalue weighted by atomic mass is 10.2. The summed E-state index contributed by atoms with van der Waals surface area (Å²) in [5.41, 5.74) is 0. The van der Waals surface area contributed by atoms with Crippen molar-refractivity contribution >= 4 is 21.9 Å². The van der Waals surface area contributed by atoms with Gasteiger partial charge in [-0.25, -0.2) is 8.42 Å². The maximum Gasteiger partial charge on any atom is 0.306 e. The first-order valence-electron chi connectivity index (χ1n) is 5.76. The zero-order valence-corrected chi connectivity index (χ0v) is 11.3. The highest BCUT2D eigenvalue weighted by molar-refractivity contribution is 7.89. The van der Waals surface area contributed by atoms with Crippen LogP contribution in [0.4, 0.5) is 0 Å². The van der Waals surface area contributed by atoms with Crippen molar-refractivity contribution in [3.05, 3.63) is 0 Å². The SMILES string of the molecule is CCC1C(=O)NCCN1S(=O)(=O)CCC(=O)OC. The summed E-state index contributed by atoms with van der Waals surface area (Å²) in [7, 11) is -2.40. The molecule has 0 aromatic carbocycles. The van der Waals surface area contributed by atoms with Crippen LogP contribution in [0.2, 0.25) is 0 Å². The molecule has 1 atom stereocenters. The molecule has 0 radical (unpaired) electrons. The third-order valence-corrected chi connectivity index (χ3v) is 4.69. The minimum Gasteiger partial charge on any atom is -0.469 e. The Balaban J connectivity index is 2.76. The molecule has 1 rings (SSSR count). The highest BCUT2D eigenvalue weighted by atomic mass is 32.2. The monoisotopic (exact) mass is 278 g/mol. The van der Waals surface area contributed by atoms with Crippen LogP contribution in [-0.4, -0.2) is 56.6 Å². The Morgan fingerprint density at radius 3 is 2.78 bits per heavy atom. The van der Waals surface area contributed by atoms with Crippen LogP contribution in [0.25, 0.3) is 0 Å². The van der Waals surface area contributed by atoms with E-state index in [2.05, 4.69) is 10.1 Å². The third kappa shape index (κ3) is 3.42. The van der Waals surface area contributed by atoms with Crippen LogP contribution in [0.5, 0.6) is 0 Å². The molecule has 104 valence electrons. The third-order valence-electron chi connectivity index (χ3n) is 2.82. The molecule has 1 amide bonds. The Labute approximate surface area is 107 Å². The number of piperazine rings is 1. The van der Waals surface area contributed by atoms with Crippen LogP contribution >= 0.6 is 0 Å². The molecule has 8 heteroatoms. The average molecular weight is 278 g/mol. The minimum atomic E-state index is -3.61. The molecule has 0 aliphatic carbocycles. The minimum absolute atomic E-state index is 0.201. The molecule has 0 spiro atoms. The molecule has 18 heavy (non-hydrogen) atoms. The second kappa shape index (κ2) is 6.14. The van der Waals surface area contributed by atoms with Crippen molar-refractivity contribution < 1.29 is 22.7 Å². The highest BCUT2D eigenvalue weighted by Crippen LogP contribution is 2.15. The summed E-state index contributed by atoms with van der Waals surface area (Å²) in [4.78, 5) is 22.5. The normalized spacial score (nSPS) is 21.4. The molecule has 0 aromatic rings. The van der Waals surface area contributed by atoms with E-state index in [4.69, 9.17) is 0 Å². The molecule has 0 bridgehead atoms. The lowest BCUT2D eigenvalue weighted by molar-refractivity contribution is -0.140. The zero-order chi connectivity index (χ0) is 13.8. The summed E-state index contributed by atoms with van der Waals surface area (Å²) in [5.74, 6) is -1.19. The van der Waals surface area contributed by atoms with Crippen molar-refractivity contribution in [3.63, 3.8) is 0 Å². The number of carbonyl (C=O) groups excluding carboxylic acids is 2. The fourth-order valence-corrected chi connectivity index (χ4v) is 3.51. The van der Waals surface area contributed by atoms with Crippen molar-refractivity contribution in [2.24, 2.45) is 0 Å². The fraction of sp³-hybridized carbons (Fsp3) is 0.800. The molecule has 1 N–H and O–H groups in total. The predicted molar refractivity (Wildman–Crippen MR) is 64.2 cm³/mol. The Kier molecular flexibility index (Phi) is 5.09. The van der Waals surface area contributed by atoms with Gasteiger partial charge in [0.1, 0.15) is 6.04 Å². The topological polar surface area (TPSA) is 92.8 Å². The van der Waals surface area contributed by atoms with Gasteiger partial charge in [0.25, 0.3) is 0 Å². The molecule has 1 saturated heterocycles. The van der Waals surface area contributed by atoms with Crippen LogP contribution in [-0.2, 0) is 24.3 Å². The quantitative estimate of drug-likeness (QED) is 0.657. The molecular formula is C10H18N2O5S. The highest BCUT2D eigenvalue weighted by Gasteiger charge is 2.36. The van der Waals surface area contributed by atoms with Gasteiger partial charge in [-0.05, 0) is 6.42 Å². The summed E-state index contributed by atoms with van der Waals surface area (Å²) in [5, 5.41) is 2.62. The first-order valence-corrected chi connectivity index (χ1v) is 7.37. The number of hydrogen-bond donors (Lipinski definition) is 1. The van der Waals surface area contributed by atoms with Crippen molar-refractivity contribution in [2.45, 2.75) is 25.8 Å². The first kappa shape index (κ1) is 14.9. The van der Waals surface area contributed by atoms with Gasteiger partial charge in [0, 0.05) is 13.1 Å². The van der Waals surface area contributed by atoms with Crippen LogP contribution in [0.15, 0.2) is 0 Å². The van der Waals surface area contributed by atoms with E-state index in [1.807, 2.05) is 0 Å². The smallest absolute Gasteiger partial charge is 0.306 e. The molecule has 1 heterocycles. The van der Waals surface area contributed by atoms with Crippen molar-refractivity contribution in [1.29, 1.82) is 0 Å². The van der Waals surface area contributed by atoms with E-state index in [9.17, 15) is 18.0 Å². The molecule has 1 unspecified atom stereocenters. The van der Waals surface area contributed by atoms with Gasteiger partial charge in [0.05, 0.1) is 19.3 Å². The summed E-state index contributed by atoms with van der Waals surface area (Å²) in [6.45, 7) is 2.29. The van der Waals surface area contributed by atoms with Crippen LogP contribution in [0.1, 0.15) is 19.8 Å². The van der Waals surface area contributed by atoms with Gasteiger partial charge in [-0.3, -0.25) is 9.59 Å². The number of hydrogen-bond acceptors (Lipinski definition) is 5. The standard InChI is InChI=1S/C10H18N2O5S/c1-3-8-10(14)11-5-6-12(8)18(15,16)7-4-9(13)17-2/h8H,3-7H2,1-2H3,(H,11,14). The number of nitrogens with zero attached hydrogens (tertiary/aromatic N) is 1. The maximum absolute atomic E-state index is 12.1. The Bertz CT molecular complexity index is 420. The van der Waals surface area contributed by atoms with Crippen LogP contribution in [0, 0.1) is 0 Å². The summed E-state index contributed by atoms with van der Waals surface area (Å²) in [6.07, 6.45) is 0.205. The van der Waals surface area contributed by atoms with E-state index in [1.165, 1.54) is 11.4 Å². The first-order chi connectivity index (χ1) is 8.42. The van der Waals surface area contributed by atoms with E-state index in [1.54, 1.807) is 6.92 Å². The van der Waals surface area contributed by atoms with Crippen molar-refractivity contribution in [2.75, 3.05) is 26.0 Å². The number of amides is 1. The van der Waals surface area contributed by atoms with E-state index in [0.717, 1.165) is 0 Å². The van der Waals surface area contributed by atoms with Crippen LogP contribution < -0.4 is 5.32 Å². The van der Waals surface area contributed by atoms with Gasteiger partial charge in [-0.1, -0.05) is 6.92 Å². The second-order valence-electron chi connectivity index (χ2n) is 3.97. The fourth-order valence-electron chi connectivity index (χ4n) is 1.85. The Morgan fingerprint density at radius 1 is 1.56 bits per heavy atom. The number of methoxy groups -OCH3 is 1. The van der Waals surface area contributed by atoms with E-state index in [-0.39, 0.29) is 24.6 Å². The Morgan fingerprint density at radius 2 is 2.22 bits per heavy atom. The van der Waals surface area contributed by atoms with Gasteiger partial charge in [-0.2, -0.15) is 4.31 Å². The predicted octanol–water partition coefficient (Wildman–Crippen LogP) is -0.910. The van der Waals surface area contributed by atoms with Gasteiger partial charge < -0.3 is 10.1 Å². The molecule has 1 fully saturated rings. The molecule has 1 aliphatic heterocycles. The molecule has 0 saturated carbocycles. The number of sulfonamides is 1. The lowest BCUT2D eigenvalue weighted by Gasteiger charge is -2.33. The number of ether oxygens (including phenoxy) is 1. The zero-order valence-electron chi connectivity index (χ0n) is 10.5. The molecule has 0 aromatic heterocycles. The van der Waals surface area contributed by atoms with Gasteiger partial charge in [0.2, 0.25) is 15.9 Å².